The summed E-state index contributed by atoms with van der Waals surface area (Å²) in [6.07, 6.45) is 4.27. The summed E-state index contributed by atoms with van der Waals surface area (Å²) in [5.74, 6) is -1.23. The van der Waals surface area contributed by atoms with Crippen molar-refractivity contribution < 1.29 is 13.6 Å². The number of nitrogens with zero attached hydrogens (tertiary/aromatic N) is 1. The summed E-state index contributed by atoms with van der Waals surface area (Å²) in [4.78, 5) is 13.7. The molecule has 2 nitrogen and oxygen atoms in total. The number of hydrogen-bond donors (Lipinski definition) is 0. The minimum absolute atomic E-state index is 0.0832. The molecule has 0 aromatic heterocycles. The van der Waals surface area contributed by atoms with E-state index in [-0.39, 0.29) is 23.5 Å². The van der Waals surface area contributed by atoms with E-state index in [1.165, 1.54) is 6.08 Å². The molecule has 0 radical (unpaired) electrons. The van der Waals surface area contributed by atoms with Crippen LogP contribution in [0, 0.1) is 11.6 Å². The highest BCUT2D eigenvalue weighted by atomic mass is 19.1. The SMILES string of the molecule is C=Cc1cc(F)c(CC(=O)N2CCCCC2)cc1F. The molecule has 1 heterocycles. The second kappa shape index (κ2) is 5.95. The summed E-state index contributed by atoms with van der Waals surface area (Å²) < 4.78 is 27.3. The van der Waals surface area contributed by atoms with Gasteiger partial charge < -0.3 is 4.90 Å². The molecule has 1 aromatic carbocycles. The third-order valence-electron chi connectivity index (χ3n) is 3.44. The van der Waals surface area contributed by atoms with Gasteiger partial charge in [-0.15, -0.1) is 0 Å². The molecule has 4 heteroatoms. The zero-order valence-corrected chi connectivity index (χ0v) is 10.8. The summed E-state index contributed by atoms with van der Waals surface area (Å²) >= 11 is 0. The molecule has 102 valence electrons. The molecule has 1 amide bonds. The van der Waals surface area contributed by atoms with Gasteiger partial charge in [0.05, 0.1) is 6.42 Å². The van der Waals surface area contributed by atoms with Crippen LogP contribution in [0.2, 0.25) is 0 Å². The molecule has 0 unspecified atom stereocenters. The lowest BCUT2D eigenvalue weighted by molar-refractivity contribution is -0.131. The van der Waals surface area contributed by atoms with Crippen LogP contribution in [-0.2, 0) is 11.2 Å². The molecular weight excluding hydrogens is 248 g/mol. The molecule has 1 saturated heterocycles. The van der Waals surface area contributed by atoms with Crippen molar-refractivity contribution in [1.29, 1.82) is 0 Å². The molecule has 0 atom stereocenters. The van der Waals surface area contributed by atoms with E-state index in [1.54, 1.807) is 4.90 Å². The summed E-state index contributed by atoms with van der Waals surface area (Å²) in [5, 5.41) is 0. The van der Waals surface area contributed by atoms with E-state index in [4.69, 9.17) is 0 Å². The lowest BCUT2D eigenvalue weighted by atomic mass is 10.1. The first-order chi connectivity index (χ1) is 9.11. The van der Waals surface area contributed by atoms with Gasteiger partial charge >= 0.3 is 0 Å². The number of rotatable bonds is 3. The van der Waals surface area contributed by atoms with Crippen LogP contribution in [0.1, 0.15) is 30.4 Å². The summed E-state index contributed by atoms with van der Waals surface area (Å²) in [5.41, 5.74) is 0.227. The van der Waals surface area contributed by atoms with Crippen LogP contribution in [0.4, 0.5) is 8.78 Å². The van der Waals surface area contributed by atoms with Crippen LogP contribution in [0.25, 0.3) is 6.08 Å². The van der Waals surface area contributed by atoms with E-state index in [2.05, 4.69) is 6.58 Å². The zero-order valence-electron chi connectivity index (χ0n) is 10.8. The third-order valence-corrected chi connectivity index (χ3v) is 3.44. The lowest BCUT2D eigenvalue weighted by Crippen LogP contribution is -2.36. The average molecular weight is 265 g/mol. The fourth-order valence-electron chi connectivity index (χ4n) is 2.31. The highest BCUT2D eigenvalue weighted by Crippen LogP contribution is 2.18. The van der Waals surface area contributed by atoms with Gasteiger partial charge in [0.15, 0.2) is 0 Å². The van der Waals surface area contributed by atoms with Gasteiger partial charge in [-0.2, -0.15) is 0 Å². The first kappa shape index (κ1) is 13.7. The van der Waals surface area contributed by atoms with Crippen LogP contribution in [0.3, 0.4) is 0 Å². The van der Waals surface area contributed by atoms with Crippen molar-refractivity contribution in [1.82, 2.24) is 4.90 Å². The van der Waals surface area contributed by atoms with Crippen LogP contribution in [0.15, 0.2) is 18.7 Å². The Morgan fingerprint density at radius 3 is 2.53 bits per heavy atom. The van der Waals surface area contributed by atoms with Crippen molar-refractivity contribution >= 4 is 12.0 Å². The van der Waals surface area contributed by atoms with Crippen molar-refractivity contribution in [3.05, 3.63) is 41.5 Å². The predicted molar refractivity (Wildman–Crippen MR) is 70.6 cm³/mol. The molecule has 1 aliphatic rings. The van der Waals surface area contributed by atoms with Gasteiger partial charge in [-0.1, -0.05) is 12.7 Å². The van der Waals surface area contributed by atoms with Crippen molar-refractivity contribution in [2.24, 2.45) is 0 Å². The largest absolute Gasteiger partial charge is 0.342 e. The van der Waals surface area contributed by atoms with Crippen molar-refractivity contribution in [2.75, 3.05) is 13.1 Å². The lowest BCUT2D eigenvalue weighted by Gasteiger charge is -2.26. The van der Waals surface area contributed by atoms with Gasteiger partial charge in [-0.25, -0.2) is 8.78 Å². The Labute approximate surface area is 111 Å². The number of likely N-dealkylation sites (tertiary alicyclic amines) is 1. The van der Waals surface area contributed by atoms with Crippen LogP contribution in [0.5, 0.6) is 0 Å². The van der Waals surface area contributed by atoms with Gasteiger partial charge in [0, 0.05) is 24.2 Å². The topological polar surface area (TPSA) is 20.3 Å². The minimum Gasteiger partial charge on any atom is -0.342 e. The number of carbonyl (C=O) groups is 1. The van der Waals surface area contributed by atoms with Crippen LogP contribution >= 0.6 is 0 Å². The second-order valence-electron chi connectivity index (χ2n) is 4.79. The maximum absolute atomic E-state index is 13.8. The molecule has 0 bridgehead atoms. The molecule has 0 N–H and O–H groups in total. The van der Waals surface area contributed by atoms with E-state index in [1.807, 2.05) is 0 Å². The Bertz CT molecular complexity index is 493. The van der Waals surface area contributed by atoms with Crippen LogP contribution < -0.4 is 0 Å². The predicted octanol–water partition coefficient (Wildman–Crippen LogP) is 3.16. The molecular formula is C15H17F2NO. The summed E-state index contributed by atoms with van der Waals surface area (Å²) in [6.45, 7) is 4.85. The highest BCUT2D eigenvalue weighted by molar-refractivity contribution is 5.79. The third kappa shape index (κ3) is 3.19. The maximum atomic E-state index is 13.8. The number of hydrogen-bond acceptors (Lipinski definition) is 1. The van der Waals surface area contributed by atoms with E-state index < -0.39 is 11.6 Å². The highest BCUT2D eigenvalue weighted by Gasteiger charge is 2.19. The standard InChI is InChI=1S/C15H17F2NO/c1-2-11-8-14(17)12(9-13(11)16)10-15(19)18-6-4-3-5-7-18/h2,8-9H,1,3-7,10H2. The number of benzene rings is 1. The van der Waals surface area contributed by atoms with E-state index in [0.717, 1.165) is 31.4 Å². The molecule has 1 fully saturated rings. The van der Waals surface area contributed by atoms with Gasteiger partial charge in [-0.3, -0.25) is 4.79 Å². The molecule has 0 saturated carbocycles. The molecule has 1 aromatic rings. The number of amides is 1. The monoisotopic (exact) mass is 265 g/mol. The van der Waals surface area contributed by atoms with Crippen molar-refractivity contribution in [3.8, 4) is 0 Å². The maximum Gasteiger partial charge on any atom is 0.227 e. The van der Waals surface area contributed by atoms with Gasteiger partial charge in [0.25, 0.3) is 0 Å². The Balaban J connectivity index is 2.12. The second-order valence-corrected chi connectivity index (χ2v) is 4.79. The fraction of sp³-hybridized carbons (Fsp3) is 0.400. The molecule has 0 aliphatic carbocycles. The number of halogens is 2. The molecule has 0 spiro atoms. The molecule has 2 rings (SSSR count). The fourth-order valence-corrected chi connectivity index (χ4v) is 2.31. The number of piperidine rings is 1. The minimum atomic E-state index is -0.554. The molecule has 19 heavy (non-hydrogen) atoms. The van der Waals surface area contributed by atoms with Gasteiger partial charge in [-0.05, 0) is 31.4 Å². The Hall–Kier alpha value is -1.71. The van der Waals surface area contributed by atoms with E-state index in [9.17, 15) is 13.6 Å². The summed E-state index contributed by atoms with van der Waals surface area (Å²) in [6, 6.07) is 2.18. The normalized spacial score (nSPS) is 15.4. The number of carbonyl (C=O) groups excluding carboxylic acids is 1. The quantitative estimate of drug-likeness (QED) is 0.822. The van der Waals surface area contributed by atoms with Gasteiger partial charge in [0.2, 0.25) is 5.91 Å². The van der Waals surface area contributed by atoms with Crippen molar-refractivity contribution in [2.45, 2.75) is 25.7 Å². The Morgan fingerprint density at radius 1 is 1.21 bits per heavy atom. The first-order valence-electron chi connectivity index (χ1n) is 6.50. The molecule has 1 aliphatic heterocycles. The van der Waals surface area contributed by atoms with Gasteiger partial charge in [0.1, 0.15) is 11.6 Å². The van der Waals surface area contributed by atoms with Crippen molar-refractivity contribution in [3.63, 3.8) is 0 Å². The van der Waals surface area contributed by atoms with Crippen LogP contribution in [-0.4, -0.2) is 23.9 Å². The van der Waals surface area contributed by atoms with E-state index in [0.29, 0.717) is 13.1 Å². The van der Waals surface area contributed by atoms with E-state index >= 15 is 0 Å². The first-order valence-corrected chi connectivity index (χ1v) is 6.50. The Kier molecular flexibility index (Phi) is 4.30. The smallest absolute Gasteiger partial charge is 0.227 e. The zero-order chi connectivity index (χ0) is 13.8. The summed E-state index contributed by atoms with van der Waals surface area (Å²) in [7, 11) is 0. The average Bonchev–Trinajstić information content (AvgIpc) is 2.43. The Morgan fingerprint density at radius 2 is 1.89 bits per heavy atom.